The number of amides is 1. The summed E-state index contributed by atoms with van der Waals surface area (Å²) in [5, 5.41) is 4.03. The number of likely N-dealkylation sites (tertiary alicyclic amines) is 1. The van der Waals surface area contributed by atoms with E-state index in [2.05, 4.69) is 17.1 Å². The van der Waals surface area contributed by atoms with E-state index in [1.807, 2.05) is 25.8 Å². The molecule has 1 aromatic rings. The molecule has 0 N–H and O–H groups in total. The third-order valence-corrected chi connectivity index (χ3v) is 5.40. The summed E-state index contributed by atoms with van der Waals surface area (Å²) in [6.45, 7) is 5.79. The van der Waals surface area contributed by atoms with Crippen molar-refractivity contribution in [2.45, 2.75) is 45.7 Å². The van der Waals surface area contributed by atoms with Crippen molar-refractivity contribution in [1.82, 2.24) is 15.0 Å². The molecule has 0 unspecified atom stereocenters. The summed E-state index contributed by atoms with van der Waals surface area (Å²) in [6.07, 6.45) is 3.07. The van der Waals surface area contributed by atoms with E-state index >= 15 is 0 Å². The van der Waals surface area contributed by atoms with Gasteiger partial charge in [0.05, 0.1) is 5.69 Å². The molecule has 1 aliphatic heterocycles. The van der Waals surface area contributed by atoms with Crippen molar-refractivity contribution in [1.29, 1.82) is 0 Å². The summed E-state index contributed by atoms with van der Waals surface area (Å²) in [7, 11) is 4.11. The Balaban J connectivity index is 1.65. The van der Waals surface area contributed by atoms with Gasteiger partial charge in [-0.05, 0) is 45.6 Å². The molecule has 0 spiro atoms. The van der Waals surface area contributed by atoms with Crippen molar-refractivity contribution in [3.63, 3.8) is 0 Å². The van der Waals surface area contributed by atoms with Gasteiger partial charge in [0, 0.05) is 38.2 Å². The maximum absolute atomic E-state index is 11.9. The highest BCUT2D eigenvalue weighted by molar-refractivity contribution is 5.77. The monoisotopic (exact) mass is 291 g/mol. The van der Waals surface area contributed by atoms with Crippen LogP contribution in [0.25, 0.3) is 0 Å². The number of rotatable bonds is 3. The van der Waals surface area contributed by atoms with E-state index in [0.717, 1.165) is 37.4 Å². The fourth-order valence-corrected chi connectivity index (χ4v) is 3.95. The predicted octanol–water partition coefficient (Wildman–Crippen LogP) is 1.98. The molecule has 1 aromatic heterocycles. The van der Waals surface area contributed by atoms with Gasteiger partial charge in [0.25, 0.3) is 0 Å². The molecule has 2 fully saturated rings. The summed E-state index contributed by atoms with van der Waals surface area (Å²) in [5.41, 5.74) is 2.20. The van der Waals surface area contributed by atoms with Crippen LogP contribution in [-0.2, 0) is 11.3 Å². The van der Waals surface area contributed by atoms with E-state index in [-0.39, 0.29) is 0 Å². The van der Waals surface area contributed by atoms with Crippen LogP contribution in [0.2, 0.25) is 0 Å². The zero-order valence-electron chi connectivity index (χ0n) is 13.4. The average molecular weight is 291 g/mol. The van der Waals surface area contributed by atoms with Crippen LogP contribution in [0, 0.1) is 25.7 Å². The minimum Gasteiger partial charge on any atom is -0.361 e. The molecule has 1 amide bonds. The number of hydrogen-bond acceptors (Lipinski definition) is 4. The maximum atomic E-state index is 11.9. The van der Waals surface area contributed by atoms with Crippen molar-refractivity contribution in [3.05, 3.63) is 17.0 Å². The molecule has 1 aliphatic carbocycles. The van der Waals surface area contributed by atoms with Gasteiger partial charge in [0.15, 0.2) is 0 Å². The molecule has 2 heterocycles. The van der Waals surface area contributed by atoms with Crippen molar-refractivity contribution in [2.24, 2.45) is 11.8 Å². The lowest BCUT2D eigenvalue weighted by Gasteiger charge is -2.31. The smallest absolute Gasteiger partial charge is 0.222 e. The molecule has 1 saturated carbocycles. The fourth-order valence-electron chi connectivity index (χ4n) is 3.95. The van der Waals surface area contributed by atoms with Crippen LogP contribution in [0.3, 0.4) is 0 Å². The molecule has 1 saturated heterocycles. The van der Waals surface area contributed by atoms with Gasteiger partial charge in [-0.1, -0.05) is 5.16 Å². The van der Waals surface area contributed by atoms with Gasteiger partial charge in [-0.25, -0.2) is 0 Å². The summed E-state index contributed by atoms with van der Waals surface area (Å²) >= 11 is 0. The van der Waals surface area contributed by atoms with Crippen molar-refractivity contribution in [2.75, 3.05) is 20.6 Å². The number of nitrogens with zero attached hydrogens (tertiary/aromatic N) is 3. The predicted molar refractivity (Wildman–Crippen MR) is 79.7 cm³/mol. The Morgan fingerprint density at radius 1 is 1.33 bits per heavy atom. The highest BCUT2D eigenvalue weighted by Crippen LogP contribution is 2.40. The lowest BCUT2D eigenvalue weighted by Crippen LogP contribution is -2.39. The van der Waals surface area contributed by atoms with Gasteiger partial charge in [0.1, 0.15) is 5.76 Å². The maximum Gasteiger partial charge on any atom is 0.222 e. The topological polar surface area (TPSA) is 49.6 Å². The lowest BCUT2D eigenvalue weighted by molar-refractivity contribution is -0.134. The summed E-state index contributed by atoms with van der Waals surface area (Å²) in [4.78, 5) is 16.2. The number of aromatic nitrogens is 1. The van der Waals surface area contributed by atoms with Crippen LogP contribution >= 0.6 is 0 Å². The van der Waals surface area contributed by atoms with Crippen LogP contribution in [0.1, 0.15) is 36.3 Å². The van der Waals surface area contributed by atoms with Crippen molar-refractivity contribution in [3.8, 4) is 0 Å². The van der Waals surface area contributed by atoms with Crippen molar-refractivity contribution >= 4 is 5.91 Å². The molecule has 2 aliphatic rings. The largest absolute Gasteiger partial charge is 0.361 e. The normalized spacial score (nSPS) is 29.3. The van der Waals surface area contributed by atoms with Crippen LogP contribution in [0.5, 0.6) is 0 Å². The molecule has 0 bridgehead atoms. The number of hydrogen-bond donors (Lipinski definition) is 0. The number of fused-ring (bicyclic) bond motifs is 1. The summed E-state index contributed by atoms with van der Waals surface area (Å²) in [5.74, 6) is 2.48. The Kier molecular flexibility index (Phi) is 3.78. The van der Waals surface area contributed by atoms with E-state index in [0.29, 0.717) is 23.8 Å². The van der Waals surface area contributed by atoms with Gasteiger partial charge in [-0.3, -0.25) is 9.69 Å². The van der Waals surface area contributed by atoms with Crippen LogP contribution in [-0.4, -0.2) is 47.5 Å². The number of carbonyl (C=O) groups excluding carboxylic acids is 1. The first kappa shape index (κ1) is 14.6. The van der Waals surface area contributed by atoms with E-state index in [9.17, 15) is 4.79 Å². The average Bonchev–Trinajstić information content (AvgIpc) is 2.97. The van der Waals surface area contributed by atoms with Crippen LogP contribution in [0.4, 0.5) is 0 Å². The summed E-state index contributed by atoms with van der Waals surface area (Å²) < 4.78 is 5.25. The Morgan fingerprint density at radius 3 is 2.71 bits per heavy atom. The third-order valence-electron chi connectivity index (χ3n) is 5.40. The molecule has 0 aromatic carbocycles. The first-order chi connectivity index (χ1) is 9.95. The zero-order chi connectivity index (χ0) is 15.1. The Bertz CT molecular complexity index is 520. The highest BCUT2D eigenvalue weighted by atomic mass is 16.5. The second-order valence-corrected chi connectivity index (χ2v) is 6.84. The molecule has 116 valence electrons. The summed E-state index contributed by atoms with van der Waals surface area (Å²) in [6, 6.07) is 0.563. The number of carbonyl (C=O) groups is 1. The van der Waals surface area contributed by atoms with E-state index < -0.39 is 0 Å². The van der Waals surface area contributed by atoms with E-state index in [1.54, 1.807) is 0 Å². The Hall–Kier alpha value is -1.36. The first-order valence-electron chi connectivity index (χ1n) is 7.81. The molecule has 3 rings (SSSR count). The minimum atomic E-state index is 0.310. The Morgan fingerprint density at radius 2 is 2.05 bits per heavy atom. The van der Waals surface area contributed by atoms with Gasteiger partial charge < -0.3 is 9.42 Å². The van der Waals surface area contributed by atoms with Gasteiger partial charge in [-0.2, -0.15) is 0 Å². The minimum absolute atomic E-state index is 0.310. The standard InChI is InChI=1S/C16H25N3O2/c1-10-15(11(2)21-17-10)9-18(3)14-5-12-7-16(20)19(4)8-13(12)6-14/h12-14H,5-9H2,1-4H3/t12-,13+,14-/m0/s1. The number of piperidine rings is 1. The van der Waals surface area contributed by atoms with E-state index in [4.69, 9.17) is 4.52 Å². The van der Waals surface area contributed by atoms with Crippen LogP contribution in [0.15, 0.2) is 4.52 Å². The molecule has 21 heavy (non-hydrogen) atoms. The molecule has 5 heteroatoms. The Labute approximate surface area is 126 Å². The highest BCUT2D eigenvalue weighted by Gasteiger charge is 2.41. The third kappa shape index (κ3) is 2.71. The van der Waals surface area contributed by atoms with Crippen molar-refractivity contribution < 1.29 is 9.32 Å². The van der Waals surface area contributed by atoms with Gasteiger partial charge >= 0.3 is 0 Å². The van der Waals surface area contributed by atoms with E-state index in [1.165, 1.54) is 12.0 Å². The molecular formula is C16H25N3O2. The lowest BCUT2D eigenvalue weighted by atomic mass is 9.88. The quantitative estimate of drug-likeness (QED) is 0.854. The van der Waals surface area contributed by atoms with Crippen LogP contribution < -0.4 is 0 Å². The van der Waals surface area contributed by atoms with Gasteiger partial charge in [0.2, 0.25) is 5.91 Å². The molecule has 5 nitrogen and oxygen atoms in total. The molecule has 0 radical (unpaired) electrons. The molecular weight excluding hydrogens is 266 g/mol. The SMILES string of the molecule is Cc1noc(C)c1CN(C)[C@H]1C[C@H]2CC(=O)N(C)C[C@H]2C1. The van der Waals surface area contributed by atoms with Gasteiger partial charge in [-0.15, -0.1) is 0 Å². The second kappa shape index (κ2) is 5.44. The number of aryl methyl sites for hydroxylation is 2. The zero-order valence-corrected chi connectivity index (χ0v) is 13.4. The fraction of sp³-hybridized carbons (Fsp3) is 0.750. The first-order valence-corrected chi connectivity index (χ1v) is 7.81. The second-order valence-electron chi connectivity index (χ2n) is 6.84. The molecule has 3 atom stereocenters.